The predicted molar refractivity (Wildman–Crippen MR) is 134 cm³/mol. The smallest absolute Gasteiger partial charge is 0.341 e. The second kappa shape index (κ2) is 11.3. The van der Waals surface area contributed by atoms with Crippen molar-refractivity contribution in [3.05, 3.63) is 74.5 Å². The Kier molecular flexibility index (Phi) is 8.50. The summed E-state index contributed by atoms with van der Waals surface area (Å²) in [5.41, 5.74) is 2.56. The number of esters is 1. The van der Waals surface area contributed by atoms with Gasteiger partial charge in [0, 0.05) is 32.1 Å². The standard InChI is InChI=1S/C24H21BrClNO4S/c1-3-30-20-11-8-17(25)13-16(20)7-12-21(28)27-23-22(24(29)31-4-2)19(14-32-23)15-5-9-18(26)10-6-15/h5-14H,3-4H2,1-2H3,(H,27,28). The van der Waals surface area contributed by atoms with Crippen LogP contribution in [0.4, 0.5) is 5.00 Å². The number of ether oxygens (including phenoxy) is 2. The molecule has 0 aliphatic heterocycles. The van der Waals surface area contributed by atoms with Crippen LogP contribution in [-0.2, 0) is 9.53 Å². The van der Waals surface area contributed by atoms with E-state index in [9.17, 15) is 9.59 Å². The monoisotopic (exact) mass is 533 g/mol. The van der Waals surface area contributed by atoms with Gasteiger partial charge >= 0.3 is 5.97 Å². The molecular weight excluding hydrogens is 514 g/mol. The maximum absolute atomic E-state index is 12.7. The van der Waals surface area contributed by atoms with Gasteiger partial charge in [0.15, 0.2) is 0 Å². The highest BCUT2D eigenvalue weighted by Crippen LogP contribution is 2.36. The van der Waals surface area contributed by atoms with E-state index >= 15 is 0 Å². The molecule has 1 N–H and O–H groups in total. The third-order valence-corrected chi connectivity index (χ3v) is 5.99. The van der Waals surface area contributed by atoms with Crippen LogP contribution in [0.3, 0.4) is 0 Å². The van der Waals surface area contributed by atoms with Gasteiger partial charge in [-0.3, -0.25) is 4.79 Å². The molecular formula is C24H21BrClNO4S. The number of amides is 1. The van der Waals surface area contributed by atoms with Gasteiger partial charge in [0.2, 0.25) is 5.91 Å². The van der Waals surface area contributed by atoms with Crippen molar-refractivity contribution in [1.29, 1.82) is 0 Å². The number of hydrogen-bond acceptors (Lipinski definition) is 5. The van der Waals surface area contributed by atoms with Crippen molar-refractivity contribution >= 4 is 61.8 Å². The second-order valence-electron chi connectivity index (χ2n) is 6.52. The van der Waals surface area contributed by atoms with E-state index < -0.39 is 5.97 Å². The first kappa shape index (κ1) is 24.0. The lowest BCUT2D eigenvalue weighted by Crippen LogP contribution is -2.12. The summed E-state index contributed by atoms with van der Waals surface area (Å²) in [6.45, 7) is 4.38. The quantitative estimate of drug-likeness (QED) is 0.248. The van der Waals surface area contributed by atoms with Crippen LogP contribution in [0.15, 0.2) is 58.4 Å². The molecule has 0 saturated carbocycles. The van der Waals surface area contributed by atoms with Gasteiger partial charge in [-0.05, 0) is 55.8 Å². The Labute approximate surface area is 204 Å². The molecule has 0 radical (unpaired) electrons. The zero-order valence-electron chi connectivity index (χ0n) is 17.5. The molecule has 0 bridgehead atoms. The number of carbonyl (C=O) groups is 2. The Balaban J connectivity index is 1.87. The Morgan fingerprint density at radius 1 is 1.12 bits per heavy atom. The van der Waals surface area contributed by atoms with Crippen LogP contribution in [0, 0.1) is 0 Å². The van der Waals surface area contributed by atoms with Crippen LogP contribution in [0.1, 0.15) is 29.8 Å². The summed E-state index contributed by atoms with van der Waals surface area (Å²) in [7, 11) is 0. The molecule has 8 heteroatoms. The van der Waals surface area contributed by atoms with Gasteiger partial charge in [-0.25, -0.2) is 4.79 Å². The molecule has 32 heavy (non-hydrogen) atoms. The largest absolute Gasteiger partial charge is 0.493 e. The molecule has 0 aliphatic rings. The van der Waals surface area contributed by atoms with Crippen LogP contribution < -0.4 is 10.1 Å². The highest BCUT2D eigenvalue weighted by atomic mass is 79.9. The van der Waals surface area contributed by atoms with Crippen molar-refractivity contribution in [2.45, 2.75) is 13.8 Å². The minimum Gasteiger partial charge on any atom is -0.493 e. The Bertz CT molecular complexity index is 1140. The summed E-state index contributed by atoms with van der Waals surface area (Å²) in [6.07, 6.45) is 3.07. The highest BCUT2D eigenvalue weighted by molar-refractivity contribution is 9.10. The Morgan fingerprint density at radius 2 is 1.88 bits per heavy atom. The summed E-state index contributed by atoms with van der Waals surface area (Å²) >= 11 is 10.7. The summed E-state index contributed by atoms with van der Waals surface area (Å²) in [4.78, 5) is 25.3. The van der Waals surface area contributed by atoms with Crippen LogP contribution in [0.25, 0.3) is 17.2 Å². The van der Waals surface area contributed by atoms with E-state index in [1.54, 1.807) is 25.1 Å². The fourth-order valence-electron chi connectivity index (χ4n) is 2.95. The molecule has 3 aromatic rings. The summed E-state index contributed by atoms with van der Waals surface area (Å²) in [6, 6.07) is 12.7. The maximum Gasteiger partial charge on any atom is 0.341 e. The van der Waals surface area contributed by atoms with Crippen molar-refractivity contribution in [1.82, 2.24) is 0 Å². The van der Waals surface area contributed by atoms with E-state index in [1.807, 2.05) is 42.6 Å². The number of rotatable bonds is 8. The van der Waals surface area contributed by atoms with Gasteiger partial charge in [0.25, 0.3) is 0 Å². The molecule has 0 spiro atoms. The molecule has 0 fully saturated rings. The normalized spacial score (nSPS) is 10.9. The van der Waals surface area contributed by atoms with E-state index in [4.69, 9.17) is 21.1 Å². The molecule has 0 unspecified atom stereocenters. The molecule has 1 heterocycles. The van der Waals surface area contributed by atoms with Crippen molar-refractivity contribution in [3.8, 4) is 16.9 Å². The van der Waals surface area contributed by atoms with Crippen molar-refractivity contribution in [3.63, 3.8) is 0 Å². The second-order valence-corrected chi connectivity index (χ2v) is 8.75. The molecule has 0 atom stereocenters. The molecule has 5 nitrogen and oxygen atoms in total. The number of hydrogen-bond donors (Lipinski definition) is 1. The molecule has 0 aliphatic carbocycles. The van der Waals surface area contributed by atoms with Crippen LogP contribution in [-0.4, -0.2) is 25.1 Å². The van der Waals surface area contributed by atoms with Crippen molar-refractivity contribution < 1.29 is 19.1 Å². The van der Waals surface area contributed by atoms with E-state index in [2.05, 4.69) is 21.2 Å². The summed E-state index contributed by atoms with van der Waals surface area (Å²) in [5.74, 6) is -0.195. The van der Waals surface area contributed by atoms with E-state index in [-0.39, 0.29) is 12.5 Å². The molecule has 0 saturated heterocycles. The maximum atomic E-state index is 12.7. The summed E-state index contributed by atoms with van der Waals surface area (Å²) in [5, 5.41) is 5.63. The fourth-order valence-corrected chi connectivity index (χ4v) is 4.42. The van der Waals surface area contributed by atoms with Gasteiger partial charge in [-0.15, -0.1) is 11.3 Å². The SMILES string of the molecule is CCOC(=O)c1c(-c2ccc(Cl)cc2)csc1NC(=O)C=Cc1cc(Br)ccc1OCC. The zero-order valence-corrected chi connectivity index (χ0v) is 20.6. The average molecular weight is 535 g/mol. The highest BCUT2D eigenvalue weighted by Gasteiger charge is 2.22. The first-order chi connectivity index (χ1) is 15.4. The Morgan fingerprint density at radius 3 is 2.56 bits per heavy atom. The number of nitrogens with one attached hydrogen (secondary N) is 1. The topological polar surface area (TPSA) is 64.6 Å². The van der Waals surface area contributed by atoms with Gasteiger partial charge in [-0.1, -0.05) is 39.7 Å². The van der Waals surface area contributed by atoms with E-state index in [0.29, 0.717) is 33.5 Å². The summed E-state index contributed by atoms with van der Waals surface area (Å²) < 4.78 is 11.7. The molecule has 3 rings (SSSR count). The van der Waals surface area contributed by atoms with Crippen LogP contribution in [0.5, 0.6) is 5.75 Å². The molecule has 166 valence electrons. The Hall–Kier alpha value is -2.61. The molecule has 1 aromatic heterocycles. The van der Waals surface area contributed by atoms with Crippen LogP contribution >= 0.6 is 38.9 Å². The molecule has 2 aromatic carbocycles. The minimum absolute atomic E-state index is 0.227. The van der Waals surface area contributed by atoms with Gasteiger partial charge < -0.3 is 14.8 Å². The van der Waals surface area contributed by atoms with E-state index in [1.165, 1.54) is 17.4 Å². The lowest BCUT2D eigenvalue weighted by atomic mass is 10.0. The third kappa shape index (κ3) is 6.00. The number of benzene rings is 2. The predicted octanol–water partition coefficient (Wildman–Crippen LogP) is 7.06. The number of carbonyl (C=O) groups excluding carboxylic acids is 2. The first-order valence-electron chi connectivity index (χ1n) is 9.88. The minimum atomic E-state index is -0.497. The van der Waals surface area contributed by atoms with Gasteiger partial charge in [0.05, 0.1) is 13.2 Å². The van der Waals surface area contributed by atoms with Crippen molar-refractivity contribution in [2.75, 3.05) is 18.5 Å². The number of thiophene rings is 1. The average Bonchev–Trinajstić information content (AvgIpc) is 3.18. The lowest BCUT2D eigenvalue weighted by molar-refractivity contribution is -0.111. The van der Waals surface area contributed by atoms with Crippen molar-refractivity contribution in [2.24, 2.45) is 0 Å². The fraction of sp³-hybridized carbons (Fsp3) is 0.167. The molecule has 1 amide bonds. The first-order valence-corrected chi connectivity index (χ1v) is 11.9. The van der Waals surface area contributed by atoms with E-state index in [0.717, 1.165) is 15.6 Å². The number of halogens is 2. The zero-order chi connectivity index (χ0) is 23.1. The van der Waals surface area contributed by atoms with Crippen LogP contribution in [0.2, 0.25) is 5.02 Å². The van der Waals surface area contributed by atoms with Gasteiger partial charge in [0.1, 0.15) is 16.3 Å². The lowest BCUT2D eigenvalue weighted by Gasteiger charge is -2.09. The third-order valence-electron chi connectivity index (χ3n) is 4.35. The number of anilines is 1. The van der Waals surface area contributed by atoms with Gasteiger partial charge in [-0.2, -0.15) is 0 Å².